The van der Waals surface area contributed by atoms with Crippen LogP contribution in [-0.2, 0) is 4.79 Å². The molecule has 66 valence electrons. The van der Waals surface area contributed by atoms with Gasteiger partial charge in [0.05, 0.1) is 0 Å². The quantitative estimate of drug-likeness (QED) is 0.372. The van der Waals surface area contributed by atoms with Crippen molar-refractivity contribution in [2.75, 3.05) is 6.54 Å². The van der Waals surface area contributed by atoms with Gasteiger partial charge in [0.25, 0.3) is 0 Å². The number of hydrogen-bond acceptors (Lipinski definition) is 2. The Hall–Kier alpha value is -0.570. The van der Waals surface area contributed by atoms with Crippen molar-refractivity contribution in [3.05, 3.63) is 0 Å². The molecule has 11 heavy (non-hydrogen) atoms. The summed E-state index contributed by atoms with van der Waals surface area (Å²) in [6.07, 6.45) is 3.51. The molecule has 3 heteroatoms. The summed E-state index contributed by atoms with van der Waals surface area (Å²) in [5, 5.41) is 1.33. The Morgan fingerprint density at radius 2 is 2.00 bits per heavy atom. The van der Waals surface area contributed by atoms with E-state index in [-0.39, 0.29) is 5.91 Å². The van der Waals surface area contributed by atoms with E-state index in [0.717, 1.165) is 19.3 Å². The van der Waals surface area contributed by atoms with Crippen LogP contribution in [0.15, 0.2) is 0 Å². The molecule has 0 bridgehead atoms. The van der Waals surface area contributed by atoms with E-state index in [9.17, 15) is 4.79 Å². The minimum Gasteiger partial charge on any atom is -0.281 e. The predicted octanol–water partition coefficient (Wildman–Crippen LogP) is 1.29. The van der Waals surface area contributed by atoms with Crippen LogP contribution in [0.3, 0.4) is 0 Å². The van der Waals surface area contributed by atoms with Crippen LogP contribution < -0.4 is 5.84 Å². The van der Waals surface area contributed by atoms with E-state index >= 15 is 0 Å². The van der Waals surface area contributed by atoms with E-state index < -0.39 is 0 Å². The summed E-state index contributed by atoms with van der Waals surface area (Å²) < 4.78 is 0. The van der Waals surface area contributed by atoms with E-state index in [4.69, 9.17) is 5.84 Å². The van der Waals surface area contributed by atoms with Gasteiger partial charge in [-0.25, -0.2) is 5.84 Å². The topological polar surface area (TPSA) is 46.3 Å². The molecular formula is C8H18N2O. The molecule has 0 aliphatic carbocycles. The number of nitrogens with two attached hydrogens (primary N) is 1. The number of carbonyl (C=O) groups excluding carboxylic acids is 1. The van der Waals surface area contributed by atoms with E-state index in [1.54, 1.807) is 0 Å². The first-order valence-electron chi connectivity index (χ1n) is 4.27. The number of carbonyl (C=O) groups is 1. The van der Waals surface area contributed by atoms with E-state index in [1.807, 2.05) is 6.92 Å². The Bertz CT molecular complexity index is 115. The summed E-state index contributed by atoms with van der Waals surface area (Å²) in [6, 6.07) is 0. The largest absolute Gasteiger partial charge is 0.281 e. The Morgan fingerprint density at radius 1 is 1.36 bits per heavy atom. The molecule has 0 unspecified atom stereocenters. The van der Waals surface area contributed by atoms with Gasteiger partial charge in [0, 0.05) is 13.0 Å². The third-order valence-electron chi connectivity index (χ3n) is 1.54. The van der Waals surface area contributed by atoms with Gasteiger partial charge in [-0.2, -0.15) is 0 Å². The van der Waals surface area contributed by atoms with Gasteiger partial charge in [0.2, 0.25) is 5.91 Å². The van der Waals surface area contributed by atoms with Crippen LogP contribution in [0.2, 0.25) is 0 Å². The smallest absolute Gasteiger partial charge is 0.236 e. The van der Waals surface area contributed by atoms with Crippen LogP contribution >= 0.6 is 0 Å². The molecule has 0 aromatic carbocycles. The molecule has 0 radical (unpaired) electrons. The van der Waals surface area contributed by atoms with Gasteiger partial charge in [0.15, 0.2) is 0 Å². The summed E-state index contributed by atoms with van der Waals surface area (Å²) in [5.74, 6) is 5.53. The lowest BCUT2D eigenvalue weighted by Gasteiger charge is -2.15. The number of nitrogens with zero attached hydrogens (tertiary/aromatic N) is 1. The van der Waals surface area contributed by atoms with Crippen molar-refractivity contribution in [1.29, 1.82) is 0 Å². The highest BCUT2D eigenvalue weighted by Gasteiger charge is 2.05. The Balaban J connectivity index is 3.46. The first-order valence-corrected chi connectivity index (χ1v) is 4.27. The van der Waals surface area contributed by atoms with Gasteiger partial charge in [-0.1, -0.05) is 20.3 Å². The second kappa shape index (κ2) is 6.16. The number of hydrazine groups is 1. The number of hydrogen-bond donors (Lipinski definition) is 1. The van der Waals surface area contributed by atoms with Gasteiger partial charge in [-0.05, 0) is 12.8 Å². The van der Waals surface area contributed by atoms with Crippen molar-refractivity contribution < 1.29 is 4.79 Å². The molecule has 0 aromatic rings. The zero-order chi connectivity index (χ0) is 8.69. The standard InChI is InChI=1S/C8H18N2O/c1-3-5-7-10(9)8(11)6-4-2/h3-7,9H2,1-2H3. The average Bonchev–Trinajstić information content (AvgIpc) is 2.00. The average molecular weight is 158 g/mol. The zero-order valence-electron chi connectivity index (χ0n) is 7.47. The third-order valence-corrected chi connectivity index (χ3v) is 1.54. The molecule has 0 saturated carbocycles. The zero-order valence-corrected chi connectivity index (χ0v) is 7.47. The van der Waals surface area contributed by atoms with Gasteiger partial charge >= 0.3 is 0 Å². The van der Waals surface area contributed by atoms with Crippen LogP contribution in [0.1, 0.15) is 39.5 Å². The number of unbranched alkanes of at least 4 members (excludes halogenated alkanes) is 1. The van der Waals surface area contributed by atoms with E-state index in [1.165, 1.54) is 5.01 Å². The Labute approximate surface area is 68.5 Å². The summed E-state index contributed by atoms with van der Waals surface area (Å²) in [5.41, 5.74) is 0. The molecule has 3 nitrogen and oxygen atoms in total. The molecule has 0 rings (SSSR count). The van der Waals surface area contributed by atoms with Gasteiger partial charge in [-0.15, -0.1) is 0 Å². The summed E-state index contributed by atoms with van der Waals surface area (Å²) in [7, 11) is 0. The van der Waals surface area contributed by atoms with Crippen molar-refractivity contribution in [3.8, 4) is 0 Å². The maximum atomic E-state index is 11.0. The maximum absolute atomic E-state index is 11.0. The minimum atomic E-state index is 0.0564. The summed E-state index contributed by atoms with van der Waals surface area (Å²) in [4.78, 5) is 11.0. The monoisotopic (exact) mass is 158 g/mol. The fourth-order valence-corrected chi connectivity index (χ4v) is 0.811. The third kappa shape index (κ3) is 4.79. The molecule has 0 atom stereocenters. The first-order chi connectivity index (χ1) is 5.22. The van der Waals surface area contributed by atoms with Crippen LogP contribution in [-0.4, -0.2) is 17.5 Å². The van der Waals surface area contributed by atoms with Crippen LogP contribution in [0, 0.1) is 0 Å². The summed E-state index contributed by atoms with van der Waals surface area (Å²) >= 11 is 0. The molecule has 2 N–H and O–H groups in total. The normalized spacial score (nSPS) is 9.73. The Kier molecular flexibility index (Phi) is 5.84. The van der Waals surface area contributed by atoms with Crippen molar-refractivity contribution in [2.45, 2.75) is 39.5 Å². The minimum absolute atomic E-state index is 0.0564. The lowest BCUT2D eigenvalue weighted by atomic mass is 10.3. The number of amides is 1. The fourth-order valence-electron chi connectivity index (χ4n) is 0.811. The second-order valence-corrected chi connectivity index (χ2v) is 2.69. The lowest BCUT2D eigenvalue weighted by Crippen LogP contribution is -2.37. The molecule has 0 aliphatic heterocycles. The van der Waals surface area contributed by atoms with Crippen LogP contribution in [0.25, 0.3) is 0 Å². The van der Waals surface area contributed by atoms with Gasteiger partial charge in [-0.3, -0.25) is 9.80 Å². The van der Waals surface area contributed by atoms with E-state index in [0.29, 0.717) is 13.0 Å². The lowest BCUT2D eigenvalue weighted by molar-refractivity contribution is -0.131. The summed E-state index contributed by atoms with van der Waals surface area (Å²) in [6.45, 7) is 4.75. The predicted molar refractivity (Wildman–Crippen MR) is 45.7 cm³/mol. The molecule has 0 aromatic heterocycles. The van der Waals surface area contributed by atoms with Gasteiger partial charge in [0.1, 0.15) is 0 Å². The maximum Gasteiger partial charge on any atom is 0.236 e. The molecule has 0 fully saturated rings. The SMILES string of the molecule is CCCCN(N)C(=O)CCC. The van der Waals surface area contributed by atoms with Crippen molar-refractivity contribution in [3.63, 3.8) is 0 Å². The first kappa shape index (κ1) is 10.4. The van der Waals surface area contributed by atoms with E-state index in [2.05, 4.69) is 6.92 Å². The molecule has 0 aliphatic rings. The van der Waals surface area contributed by atoms with Gasteiger partial charge < -0.3 is 0 Å². The van der Waals surface area contributed by atoms with Crippen molar-refractivity contribution in [2.24, 2.45) is 5.84 Å². The second-order valence-electron chi connectivity index (χ2n) is 2.69. The molecule has 0 saturated heterocycles. The highest BCUT2D eigenvalue weighted by Crippen LogP contribution is 1.95. The molecule has 0 heterocycles. The van der Waals surface area contributed by atoms with Crippen LogP contribution in [0.5, 0.6) is 0 Å². The number of rotatable bonds is 5. The van der Waals surface area contributed by atoms with Crippen molar-refractivity contribution in [1.82, 2.24) is 5.01 Å². The molecule has 1 amide bonds. The molecule has 0 spiro atoms. The molecular weight excluding hydrogens is 140 g/mol. The highest BCUT2D eigenvalue weighted by atomic mass is 16.2. The Morgan fingerprint density at radius 3 is 2.45 bits per heavy atom. The fraction of sp³-hybridized carbons (Fsp3) is 0.875. The van der Waals surface area contributed by atoms with Crippen LogP contribution in [0.4, 0.5) is 0 Å². The van der Waals surface area contributed by atoms with Crippen molar-refractivity contribution >= 4 is 5.91 Å². The highest BCUT2D eigenvalue weighted by molar-refractivity contribution is 5.75.